The molecular weight excluding hydrogens is 402 g/mol. The summed E-state index contributed by atoms with van der Waals surface area (Å²) in [4.78, 5) is 16.4. The number of benzene rings is 2. The van der Waals surface area contributed by atoms with Gasteiger partial charge in [0.05, 0.1) is 16.6 Å². The van der Waals surface area contributed by atoms with Crippen molar-refractivity contribution in [3.63, 3.8) is 0 Å². The first kappa shape index (κ1) is 21.7. The van der Waals surface area contributed by atoms with Crippen molar-refractivity contribution >= 4 is 15.9 Å². The summed E-state index contributed by atoms with van der Waals surface area (Å²) in [6, 6.07) is 12.7. The minimum Gasteiger partial charge on any atom is -0.350 e. The predicted molar refractivity (Wildman–Crippen MR) is 114 cm³/mol. The lowest BCUT2D eigenvalue weighted by Gasteiger charge is -2.15. The van der Waals surface area contributed by atoms with Gasteiger partial charge in [0.1, 0.15) is 12.7 Å². The van der Waals surface area contributed by atoms with E-state index in [1.165, 1.54) is 6.33 Å². The molecule has 3 rings (SSSR count). The fraction of sp³-hybridized carbons (Fsp3) is 0.286. The van der Waals surface area contributed by atoms with E-state index in [2.05, 4.69) is 20.1 Å². The molecule has 2 aromatic carbocycles. The zero-order chi connectivity index (χ0) is 21.7. The van der Waals surface area contributed by atoms with Crippen LogP contribution in [0.4, 0.5) is 0 Å². The van der Waals surface area contributed by atoms with E-state index in [9.17, 15) is 13.2 Å². The average Bonchev–Trinajstić information content (AvgIpc) is 3.24. The van der Waals surface area contributed by atoms with Gasteiger partial charge in [-0.3, -0.25) is 4.79 Å². The molecule has 158 valence electrons. The highest BCUT2D eigenvalue weighted by atomic mass is 32.2. The van der Waals surface area contributed by atoms with Crippen LogP contribution < -0.4 is 10.0 Å². The lowest BCUT2D eigenvalue weighted by atomic mass is 10.1. The van der Waals surface area contributed by atoms with Crippen LogP contribution >= 0.6 is 0 Å². The maximum absolute atomic E-state index is 12.5. The number of rotatable bonds is 8. The summed E-state index contributed by atoms with van der Waals surface area (Å²) in [5, 5.41) is 6.96. The fourth-order valence-corrected chi connectivity index (χ4v) is 4.39. The van der Waals surface area contributed by atoms with Crippen molar-refractivity contribution in [1.29, 1.82) is 0 Å². The second kappa shape index (κ2) is 9.19. The Balaban J connectivity index is 1.52. The van der Waals surface area contributed by atoms with Crippen LogP contribution in [0.1, 0.15) is 36.1 Å². The molecule has 1 amide bonds. The zero-order valence-corrected chi connectivity index (χ0v) is 18.0. The molecule has 0 aliphatic rings. The molecule has 0 aliphatic carbocycles. The monoisotopic (exact) mass is 427 g/mol. The van der Waals surface area contributed by atoms with Crippen LogP contribution in [-0.4, -0.2) is 35.6 Å². The highest BCUT2D eigenvalue weighted by Gasteiger charge is 2.17. The Morgan fingerprint density at radius 1 is 1.13 bits per heavy atom. The van der Waals surface area contributed by atoms with Gasteiger partial charge in [-0.05, 0) is 55.7 Å². The Kier molecular flexibility index (Phi) is 6.63. The largest absolute Gasteiger partial charge is 0.350 e. The van der Waals surface area contributed by atoms with Gasteiger partial charge in [-0.2, -0.15) is 5.10 Å². The summed E-state index contributed by atoms with van der Waals surface area (Å²) in [5.41, 5.74) is 3.33. The van der Waals surface area contributed by atoms with E-state index in [1.807, 2.05) is 44.2 Å². The topological polar surface area (TPSA) is 106 Å². The van der Waals surface area contributed by atoms with Crippen molar-refractivity contribution in [2.24, 2.45) is 0 Å². The number of nitrogens with one attached hydrogen (secondary N) is 2. The number of carbonyl (C=O) groups is 1. The minimum atomic E-state index is -3.66. The molecule has 0 spiro atoms. The molecule has 0 bridgehead atoms. The minimum absolute atomic E-state index is 0.0273. The Morgan fingerprint density at radius 3 is 2.53 bits per heavy atom. The van der Waals surface area contributed by atoms with Crippen molar-refractivity contribution in [1.82, 2.24) is 24.8 Å². The predicted octanol–water partition coefficient (Wildman–Crippen LogP) is 2.43. The summed E-state index contributed by atoms with van der Waals surface area (Å²) in [6.45, 7) is 5.49. The molecule has 0 saturated carbocycles. The third-order valence-electron chi connectivity index (χ3n) is 4.73. The number of hydrogen-bond acceptors (Lipinski definition) is 5. The van der Waals surface area contributed by atoms with E-state index in [-0.39, 0.29) is 29.8 Å². The van der Waals surface area contributed by atoms with Gasteiger partial charge < -0.3 is 5.32 Å². The third-order valence-corrected chi connectivity index (χ3v) is 6.33. The van der Waals surface area contributed by atoms with Crippen molar-refractivity contribution in [3.05, 3.63) is 71.8 Å². The van der Waals surface area contributed by atoms with Crippen LogP contribution in [0.5, 0.6) is 0 Å². The summed E-state index contributed by atoms with van der Waals surface area (Å²) < 4.78 is 29.2. The number of carbonyl (C=O) groups excluding carboxylic acids is 1. The SMILES string of the molecule is Cc1ccc(C)c(S(=O)(=O)NCCC(=O)N[C@@H](C)c2ccc(-n3cncn3)cc2)c1. The van der Waals surface area contributed by atoms with Crippen LogP contribution in [-0.2, 0) is 14.8 Å². The normalized spacial score (nSPS) is 12.5. The van der Waals surface area contributed by atoms with Gasteiger partial charge in [-0.15, -0.1) is 0 Å². The van der Waals surface area contributed by atoms with E-state index in [1.54, 1.807) is 30.1 Å². The van der Waals surface area contributed by atoms with Gasteiger partial charge in [0.2, 0.25) is 15.9 Å². The van der Waals surface area contributed by atoms with Crippen molar-refractivity contribution in [3.8, 4) is 5.69 Å². The molecule has 1 atom stereocenters. The molecule has 30 heavy (non-hydrogen) atoms. The van der Waals surface area contributed by atoms with Crippen LogP contribution in [0.3, 0.4) is 0 Å². The number of aromatic nitrogens is 3. The molecular formula is C21H25N5O3S. The highest BCUT2D eigenvalue weighted by molar-refractivity contribution is 7.89. The van der Waals surface area contributed by atoms with Crippen LogP contribution in [0.15, 0.2) is 60.0 Å². The van der Waals surface area contributed by atoms with Crippen LogP contribution in [0.2, 0.25) is 0 Å². The zero-order valence-electron chi connectivity index (χ0n) is 17.2. The van der Waals surface area contributed by atoms with Gasteiger partial charge in [-0.25, -0.2) is 22.8 Å². The number of amides is 1. The van der Waals surface area contributed by atoms with E-state index >= 15 is 0 Å². The van der Waals surface area contributed by atoms with Crippen molar-refractivity contribution in [2.45, 2.75) is 38.1 Å². The third kappa shape index (κ3) is 5.31. The van der Waals surface area contributed by atoms with E-state index < -0.39 is 10.0 Å². The molecule has 9 heteroatoms. The number of sulfonamides is 1. The Hall–Kier alpha value is -3.04. The van der Waals surface area contributed by atoms with Gasteiger partial charge >= 0.3 is 0 Å². The van der Waals surface area contributed by atoms with E-state index in [0.717, 1.165) is 16.8 Å². The Labute approximate surface area is 176 Å². The first-order valence-corrected chi connectivity index (χ1v) is 11.1. The first-order chi connectivity index (χ1) is 14.3. The second-order valence-electron chi connectivity index (χ2n) is 7.14. The first-order valence-electron chi connectivity index (χ1n) is 9.57. The summed E-state index contributed by atoms with van der Waals surface area (Å²) in [5.74, 6) is -0.230. The maximum Gasteiger partial charge on any atom is 0.240 e. The van der Waals surface area contributed by atoms with E-state index in [0.29, 0.717) is 5.56 Å². The molecule has 2 N–H and O–H groups in total. The molecule has 0 aliphatic heterocycles. The van der Waals surface area contributed by atoms with Gasteiger partial charge in [-0.1, -0.05) is 24.3 Å². The Morgan fingerprint density at radius 2 is 1.87 bits per heavy atom. The van der Waals surface area contributed by atoms with Crippen LogP contribution in [0, 0.1) is 13.8 Å². The number of aryl methyl sites for hydroxylation is 2. The highest BCUT2D eigenvalue weighted by Crippen LogP contribution is 2.17. The van der Waals surface area contributed by atoms with Gasteiger partial charge in [0.25, 0.3) is 0 Å². The van der Waals surface area contributed by atoms with E-state index in [4.69, 9.17) is 0 Å². The molecule has 0 unspecified atom stereocenters. The molecule has 0 fully saturated rings. The number of hydrogen-bond donors (Lipinski definition) is 2. The Bertz CT molecular complexity index is 1110. The molecule has 0 saturated heterocycles. The molecule has 1 aromatic heterocycles. The summed E-state index contributed by atoms with van der Waals surface area (Å²) >= 11 is 0. The summed E-state index contributed by atoms with van der Waals surface area (Å²) in [6.07, 6.45) is 3.12. The average molecular weight is 428 g/mol. The fourth-order valence-electron chi connectivity index (χ4n) is 3.03. The molecule has 0 radical (unpaired) electrons. The molecule has 1 heterocycles. The summed E-state index contributed by atoms with van der Waals surface area (Å²) in [7, 11) is -3.66. The lowest BCUT2D eigenvalue weighted by Crippen LogP contribution is -2.32. The second-order valence-corrected chi connectivity index (χ2v) is 8.87. The van der Waals surface area contributed by atoms with Crippen molar-refractivity contribution < 1.29 is 13.2 Å². The molecule has 3 aromatic rings. The smallest absolute Gasteiger partial charge is 0.240 e. The van der Waals surface area contributed by atoms with Gasteiger partial charge in [0.15, 0.2) is 0 Å². The maximum atomic E-state index is 12.5. The molecule has 8 nitrogen and oxygen atoms in total. The quantitative estimate of drug-likeness (QED) is 0.574. The van der Waals surface area contributed by atoms with Gasteiger partial charge in [0, 0.05) is 13.0 Å². The lowest BCUT2D eigenvalue weighted by molar-refractivity contribution is -0.121. The van der Waals surface area contributed by atoms with Crippen molar-refractivity contribution in [2.75, 3.05) is 6.54 Å². The van der Waals surface area contributed by atoms with Crippen LogP contribution in [0.25, 0.3) is 5.69 Å². The standard InChI is InChI=1S/C21H25N5O3S/c1-15-4-5-16(2)20(12-15)30(28,29)24-11-10-21(27)25-17(3)18-6-8-19(9-7-18)26-14-22-13-23-26/h4-9,12-14,17,24H,10-11H2,1-3H3,(H,25,27)/t17-/m0/s1. The number of nitrogens with zero attached hydrogens (tertiary/aromatic N) is 3.